The van der Waals surface area contributed by atoms with Crippen molar-refractivity contribution >= 4 is 27.5 Å². The third-order valence-electron chi connectivity index (χ3n) is 2.98. The van der Waals surface area contributed by atoms with E-state index in [9.17, 15) is 4.79 Å². The Kier molecular flexibility index (Phi) is 5.39. The molecule has 110 valence electrons. The first kappa shape index (κ1) is 15.6. The quantitative estimate of drug-likeness (QED) is 0.808. The van der Waals surface area contributed by atoms with Crippen LogP contribution in [0, 0.1) is 0 Å². The second-order valence-corrected chi connectivity index (χ2v) is 5.85. The van der Waals surface area contributed by atoms with Crippen LogP contribution in [-0.2, 0) is 4.79 Å². The second kappa shape index (κ2) is 7.27. The van der Waals surface area contributed by atoms with Gasteiger partial charge >= 0.3 is 0 Å². The highest BCUT2D eigenvalue weighted by molar-refractivity contribution is 9.10. The van der Waals surface area contributed by atoms with Gasteiger partial charge in [-0.3, -0.25) is 4.79 Å². The van der Waals surface area contributed by atoms with Gasteiger partial charge in [0.05, 0.1) is 0 Å². The lowest BCUT2D eigenvalue weighted by Crippen LogP contribution is -2.40. The highest BCUT2D eigenvalue weighted by Gasteiger charge is 2.19. The van der Waals surface area contributed by atoms with Gasteiger partial charge in [0.25, 0.3) is 5.91 Å². The predicted octanol–water partition coefficient (Wildman–Crippen LogP) is 4.27. The Hall–Kier alpha value is -1.81. The van der Waals surface area contributed by atoms with Crippen LogP contribution in [0.2, 0.25) is 0 Å². The third-order valence-corrected chi connectivity index (χ3v) is 3.47. The number of halogens is 1. The lowest BCUT2D eigenvalue weighted by molar-refractivity contribution is -0.120. The highest BCUT2D eigenvalue weighted by Crippen LogP contribution is 2.19. The van der Waals surface area contributed by atoms with E-state index in [2.05, 4.69) is 15.9 Å². The molecule has 0 saturated carbocycles. The number of carbonyl (C=O) groups excluding carboxylic acids is 1. The Morgan fingerprint density at radius 1 is 1.14 bits per heavy atom. The highest BCUT2D eigenvalue weighted by atomic mass is 79.9. The van der Waals surface area contributed by atoms with Crippen LogP contribution < -0.4 is 9.64 Å². The molecule has 0 spiro atoms. The van der Waals surface area contributed by atoms with Gasteiger partial charge < -0.3 is 9.64 Å². The van der Waals surface area contributed by atoms with Gasteiger partial charge in [-0.15, -0.1) is 0 Å². The van der Waals surface area contributed by atoms with Crippen LogP contribution in [-0.4, -0.2) is 18.6 Å². The predicted molar refractivity (Wildman–Crippen MR) is 88.7 cm³/mol. The standard InChI is InChI=1S/C17H18BrNO2/c1-13(2)19(15-8-4-3-5-9-15)17(20)12-21-16-10-6-7-14(18)11-16/h3-11,13H,12H2,1-2H3. The van der Waals surface area contributed by atoms with Gasteiger partial charge in [-0.25, -0.2) is 0 Å². The van der Waals surface area contributed by atoms with Crippen molar-refractivity contribution in [3.05, 3.63) is 59.1 Å². The molecule has 0 aromatic heterocycles. The number of benzene rings is 2. The summed E-state index contributed by atoms with van der Waals surface area (Å²) in [4.78, 5) is 14.2. The third kappa shape index (κ3) is 4.33. The summed E-state index contributed by atoms with van der Waals surface area (Å²) in [6, 6.07) is 17.2. The van der Waals surface area contributed by atoms with E-state index >= 15 is 0 Å². The summed E-state index contributed by atoms with van der Waals surface area (Å²) in [5.74, 6) is 0.616. The molecule has 0 aliphatic rings. The minimum Gasteiger partial charge on any atom is -0.484 e. The topological polar surface area (TPSA) is 29.5 Å². The van der Waals surface area contributed by atoms with Gasteiger partial charge in [0, 0.05) is 16.2 Å². The maximum atomic E-state index is 12.4. The van der Waals surface area contributed by atoms with Crippen LogP contribution in [0.1, 0.15) is 13.8 Å². The van der Waals surface area contributed by atoms with Crippen LogP contribution in [0.15, 0.2) is 59.1 Å². The molecule has 21 heavy (non-hydrogen) atoms. The minimum atomic E-state index is -0.0591. The number of nitrogens with zero attached hydrogens (tertiary/aromatic N) is 1. The molecule has 2 rings (SSSR count). The average molecular weight is 348 g/mol. The summed E-state index contributed by atoms with van der Waals surface area (Å²) in [7, 11) is 0. The van der Waals surface area contributed by atoms with E-state index in [1.165, 1.54) is 0 Å². The van der Waals surface area contributed by atoms with Gasteiger partial charge in [-0.1, -0.05) is 40.2 Å². The summed E-state index contributed by atoms with van der Waals surface area (Å²) in [6.45, 7) is 4.00. The van der Waals surface area contributed by atoms with Crippen molar-refractivity contribution in [3.63, 3.8) is 0 Å². The van der Waals surface area contributed by atoms with Gasteiger partial charge in [0.2, 0.25) is 0 Å². The maximum absolute atomic E-state index is 12.4. The van der Waals surface area contributed by atoms with Gasteiger partial charge in [0.15, 0.2) is 6.61 Å². The zero-order valence-corrected chi connectivity index (χ0v) is 13.7. The maximum Gasteiger partial charge on any atom is 0.265 e. The van der Waals surface area contributed by atoms with Crippen molar-refractivity contribution in [2.45, 2.75) is 19.9 Å². The molecule has 0 aliphatic heterocycles. The molecule has 4 heteroatoms. The van der Waals surface area contributed by atoms with Crippen LogP contribution in [0.3, 0.4) is 0 Å². The molecule has 0 bridgehead atoms. The van der Waals surface area contributed by atoms with E-state index in [1.807, 2.05) is 68.4 Å². The Morgan fingerprint density at radius 3 is 2.48 bits per heavy atom. The van der Waals surface area contributed by atoms with E-state index in [-0.39, 0.29) is 18.6 Å². The summed E-state index contributed by atoms with van der Waals surface area (Å²) in [6.07, 6.45) is 0. The zero-order valence-electron chi connectivity index (χ0n) is 12.1. The van der Waals surface area contributed by atoms with Crippen molar-refractivity contribution in [1.29, 1.82) is 0 Å². The first-order valence-corrected chi connectivity index (χ1v) is 7.62. The van der Waals surface area contributed by atoms with Crippen molar-refractivity contribution in [3.8, 4) is 5.75 Å². The summed E-state index contributed by atoms with van der Waals surface area (Å²) in [5.41, 5.74) is 0.885. The minimum absolute atomic E-state index is 0.0174. The molecule has 1 amide bonds. The van der Waals surface area contributed by atoms with Crippen molar-refractivity contribution in [2.24, 2.45) is 0 Å². The number of carbonyl (C=O) groups is 1. The van der Waals surface area contributed by atoms with Gasteiger partial charge in [0.1, 0.15) is 5.75 Å². The Morgan fingerprint density at radius 2 is 1.86 bits per heavy atom. The molecular weight excluding hydrogens is 330 g/mol. The molecule has 3 nitrogen and oxygen atoms in total. The van der Waals surface area contributed by atoms with E-state index in [4.69, 9.17) is 4.74 Å². The number of rotatable bonds is 5. The summed E-state index contributed by atoms with van der Waals surface area (Å²) >= 11 is 3.38. The molecule has 0 atom stereocenters. The van der Waals surface area contributed by atoms with Crippen molar-refractivity contribution in [2.75, 3.05) is 11.5 Å². The number of para-hydroxylation sites is 1. The van der Waals surface area contributed by atoms with E-state index < -0.39 is 0 Å². The van der Waals surface area contributed by atoms with Gasteiger partial charge in [-0.2, -0.15) is 0 Å². The van der Waals surface area contributed by atoms with Crippen LogP contribution in [0.25, 0.3) is 0 Å². The average Bonchev–Trinajstić information content (AvgIpc) is 2.46. The van der Waals surface area contributed by atoms with E-state index in [0.717, 1.165) is 10.2 Å². The summed E-state index contributed by atoms with van der Waals surface area (Å²) in [5, 5.41) is 0. The van der Waals surface area contributed by atoms with E-state index in [0.29, 0.717) is 5.75 Å². The SMILES string of the molecule is CC(C)N(C(=O)COc1cccc(Br)c1)c1ccccc1. The molecule has 0 radical (unpaired) electrons. The molecule has 0 unspecified atom stereocenters. The Balaban J connectivity index is 2.06. The number of ether oxygens (including phenoxy) is 1. The van der Waals surface area contributed by atoms with Crippen LogP contribution in [0.4, 0.5) is 5.69 Å². The van der Waals surface area contributed by atoms with Crippen molar-refractivity contribution in [1.82, 2.24) is 0 Å². The Labute approximate surface area is 133 Å². The number of hydrogen-bond donors (Lipinski definition) is 0. The number of amides is 1. The number of anilines is 1. The largest absolute Gasteiger partial charge is 0.484 e. The fraction of sp³-hybridized carbons (Fsp3) is 0.235. The molecule has 0 saturated heterocycles. The molecule has 2 aromatic carbocycles. The van der Waals surface area contributed by atoms with Crippen LogP contribution in [0.5, 0.6) is 5.75 Å². The fourth-order valence-electron chi connectivity index (χ4n) is 2.09. The lowest BCUT2D eigenvalue weighted by atomic mass is 10.2. The monoisotopic (exact) mass is 347 g/mol. The zero-order chi connectivity index (χ0) is 15.2. The second-order valence-electron chi connectivity index (χ2n) is 4.94. The first-order chi connectivity index (χ1) is 10.1. The van der Waals surface area contributed by atoms with Gasteiger partial charge in [-0.05, 0) is 44.2 Å². The molecular formula is C17H18BrNO2. The molecule has 0 fully saturated rings. The normalized spacial score (nSPS) is 10.5. The van der Waals surface area contributed by atoms with Crippen LogP contribution >= 0.6 is 15.9 Å². The fourth-order valence-corrected chi connectivity index (χ4v) is 2.47. The smallest absolute Gasteiger partial charge is 0.265 e. The number of hydrogen-bond acceptors (Lipinski definition) is 2. The van der Waals surface area contributed by atoms with Crippen molar-refractivity contribution < 1.29 is 9.53 Å². The molecule has 0 N–H and O–H groups in total. The molecule has 2 aromatic rings. The van der Waals surface area contributed by atoms with E-state index in [1.54, 1.807) is 4.90 Å². The first-order valence-electron chi connectivity index (χ1n) is 6.83. The lowest BCUT2D eigenvalue weighted by Gasteiger charge is -2.26. The molecule has 0 heterocycles. The molecule has 0 aliphatic carbocycles. The Bertz CT molecular complexity index is 599. The summed E-state index contributed by atoms with van der Waals surface area (Å²) < 4.78 is 6.51.